The predicted molar refractivity (Wildman–Crippen MR) is 81.3 cm³/mol. The van der Waals surface area contributed by atoms with Gasteiger partial charge in [0.25, 0.3) is 5.56 Å². The minimum absolute atomic E-state index is 0.221. The van der Waals surface area contributed by atoms with E-state index in [1.807, 2.05) is 18.2 Å². The van der Waals surface area contributed by atoms with E-state index in [4.69, 9.17) is 0 Å². The van der Waals surface area contributed by atoms with Gasteiger partial charge < -0.3 is 5.32 Å². The van der Waals surface area contributed by atoms with Crippen molar-refractivity contribution in [3.05, 3.63) is 57.8 Å². The van der Waals surface area contributed by atoms with Gasteiger partial charge in [-0.2, -0.15) is 5.10 Å². The van der Waals surface area contributed by atoms with Gasteiger partial charge in [-0.15, -0.1) is 0 Å². The monoisotopic (exact) mass is 298 g/mol. The Bertz CT molecular complexity index is 740. The van der Waals surface area contributed by atoms with Crippen LogP contribution in [0.4, 0.5) is 0 Å². The molecule has 0 radical (unpaired) electrons. The molecule has 3 rings (SSSR count). The second-order valence-electron chi connectivity index (χ2n) is 5.47. The van der Waals surface area contributed by atoms with Crippen LogP contribution < -0.4 is 10.9 Å². The van der Waals surface area contributed by atoms with E-state index in [1.54, 1.807) is 19.2 Å². The first-order valence-electron chi connectivity index (χ1n) is 7.44. The van der Waals surface area contributed by atoms with E-state index >= 15 is 0 Å². The van der Waals surface area contributed by atoms with Crippen LogP contribution in [0.25, 0.3) is 0 Å². The molecule has 1 aliphatic carbocycles. The maximum absolute atomic E-state index is 12.2. The van der Waals surface area contributed by atoms with E-state index in [0.717, 1.165) is 36.2 Å². The number of amides is 1. The van der Waals surface area contributed by atoms with Crippen molar-refractivity contribution in [1.82, 2.24) is 20.1 Å². The van der Waals surface area contributed by atoms with Crippen LogP contribution in [0.5, 0.6) is 0 Å². The molecule has 1 aliphatic rings. The van der Waals surface area contributed by atoms with Crippen LogP contribution >= 0.6 is 0 Å². The molecule has 1 amide bonds. The number of carbonyl (C=O) groups excluding carboxylic acids is 1. The van der Waals surface area contributed by atoms with Crippen LogP contribution in [0, 0.1) is 0 Å². The largest absolute Gasteiger partial charge is 0.349 e. The molecule has 2 aromatic rings. The summed E-state index contributed by atoms with van der Waals surface area (Å²) in [4.78, 5) is 28.5. The highest BCUT2D eigenvalue weighted by atomic mass is 16.2. The van der Waals surface area contributed by atoms with E-state index in [1.165, 1.54) is 4.68 Å². The van der Waals surface area contributed by atoms with Crippen molar-refractivity contribution in [2.75, 3.05) is 0 Å². The van der Waals surface area contributed by atoms with Gasteiger partial charge in [-0.25, -0.2) is 4.68 Å². The molecule has 1 atom stereocenters. The van der Waals surface area contributed by atoms with E-state index < -0.39 is 6.04 Å². The summed E-state index contributed by atoms with van der Waals surface area (Å²) in [6.07, 6.45) is 4.47. The Morgan fingerprint density at radius 2 is 2.27 bits per heavy atom. The van der Waals surface area contributed by atoms with E-state index in [0.29, 0.717) is 6.54 Å². The summed E-state index contributed by atoms with van der Waals surface area (Å²) in [5.41, 5.74) is 2.50. The molecular formula is C16H18N4O2. The van der Waals surface area contributed by atoms with Gasteiger partial charge in [0.2, 0.25) is 5.91 Å². The summed E-state index contributed by atoms with van der Waals surface area (Å²) in [5, 5.41) is 7.15. The van der Waals surface area contributed by atoms with Crippen molar-refractivity contribution in [3.8, 4) is 0 Å². The molecule has 0 saturated carbocycles. The molecule has 1 unspecified atom stereocenters. The molecule has 0 fully saturated rings. The predicted octanol–water partition coefficient (Wildman–Crippen LogP) is 1.00. The number of nitrogens with zero attached hydrogens (tertiary/aromatic N) is 3. The molecule has 0 saturated heterocycles. The van der Waals surface area contributed by atoms with E-state index in [9.17, 15) is 9.59 Å². The summed E-state index contributed by atoms with van der Waals surface area (Å²) in [5.74, 6) is -0.238. The molecule has 22 heavy (non-hydrogen) atoms. The lowest BCUT2D eigenvalue weighted by atomic mass is 10.2. The number of carbonyl (C=O) groups is 1. The molecule has 0 spiro atoms. The summed E-state index contributed by atoms with van der Waals surface area (Å²) >= 11 is 0. The lowest BCUT2D eigenvalue weighted by molar-refractivity contribution is -0.124. The standard InChI is InChI=1S/C16H18N4O2/c1-11(16(22)18-10-13-6-2-3-8-17-13)20-15(21)9-12-5-4-7-14(12)19-20/h2-3,6,8-9,11H,4-5,7,10H2,1H3,(H,18,22). The third-order valence-electron chi connectivity index (χ3n) is 3.90. The Morgan fingerprint density at radius 1 is 1.41 bits per heavy atom. The zero-order chi connectivity index (χ0) is 15.5. The maximum atomic E-state index is 12.2. The van der Waals surface area contributed by atoms with Gasteiger partial charge in [-0.3, -0.25) is 14.6 Å². The van der Waals surface area contributed by atoms with Gasteiger partial charge in [0, 0.05) is 12.3 Å². The molecular weight excluding hydrogens is 280 g/mol. The highest BCUT2D eigenvalue weighted by Crippen LogP contribution is 2.17. The molecule has 6 heteroatoms. The topological polar surface area (TPSA) is 76.9 Å². The fraction of sp³-hybridized carbons (Fsp3) is 0.375. The number of hydrogen-bond donors (Lipinski definition) is 1. The molecule has 2 aromatic heterocycles. The van der Waals surface area contributed by atoms with Crippen LogP contribution in [0.15, 0.2) is 35.3 Å². The third-order valence-corrected chi connectivity index (χ3v) is 3.90. The van der Waals surface area contributed by atoms with Crippen molar-refractivity contribution < 1.29 is 4.79 Å². The van der Waals surface area contributed by atoms with Crippen molar-refractivity contribution in [2.45, 2.75) is 38.8 Å². The maximum Gasteiger partial charge on any atom is 0.267 e. The number of hydrogen-bond acceptors (Lipinski definition) is 4. The van der Waals surface area contributed by atoms with Crippen LogP contribution in [0.3, 0.4) is 0 Å². The van der Waals surface area contributed by atoms with Gasteiger partial charge in [0.05, 0.1) is 17.9 Å². The Labute approximate surface area is 128 Å². The first-order chi connectivity index (χ1) is 10.6. The molecule has 2 heterocycles. The number of rotatable bonds is 4. The molecule has 0 aromatic carbocycles. The minimum Gasteiger partial charge on any atom is -0.349 e. The lowest BCUT2D eigenvalue weighted by Crippen LogP contribution is -2.37. The van der Waals surface area contributed by atoms with Gasteiger partial charge in [-0.1, -0.05) is 6.07 Å². The fourth-order valence-corrected chi connectivity index (χ4v) is 2.63. The molecule has 1 N–H and O–H groups in total. The SMILES string of the molecule is CC(C(=O)NCc1ccccn1)n1nc2c(cc1=O)CCC2. The number of nitrogens with one attached hydrogen (secondary N) is 1. The average Bonchev–Trinajstić information content (AvgIpc) is 2.99. The average molecular weight is 298 g/mol. The third kappa shape index (κ3) is 2.90. The highest BCUT2D eigenvalue weighted by Gasteiger charge is 2.21. The molecule has 6 nitrogen and oxygen atoms in total. The van der Waals surface area contributed by atoms with Crippen LogP contribution in [0.2, 0.25) is 0 Å². The number of aromatic nitrogens is 3. The van der Waals surface area contributed by atoms with Gasteiger partial charge >= 0.3 is 0 Å². The Kier molecular flexibility index (Phi) is 4.00. The fourth-order valence-electron chi connectivity index (χ4n) is 2.63. The number of aryl methyl sites for hydroxylation is 2. The molecule has 114 valence electrons. The van der Waals surface area contributed by atoms with Crippen LogP contribution in [0.1, 0.15) is 36.3 Å². The summed E-state index contributed by atoms with van der Waals surface area (Å²) < 4.78 is 1.28. The van der Waals surface area contributed by atoms with Gasteiger partial charge in [-0.05, 0) is 43.9 Å². The zero-order valence-corrected chi connectivity index (χ0v) is 12.5. The normalized spacial score (nSPS) is 14.4. The van der Waals surface area contributed by atoms with Crippen LogP contribution in [-0.2, 0) is 24.2 Å². The minimum atomic E-state index is -0.637. The zero-order valence-electron chi connectivity index (χ0n) is 12.5. The van der Waals surface area contributed by atoms with Crippen molar-refractivity contribution in [1.29, 1.82) is 0 Å². The second kappa shape index (κ2) is 6.09. The number of pyridine rings is 1. The van der Waals surface area contributed by atoms with Gasteiger partial charge in [0.15, 0.2) is 0 Å². The van der Waals surface area contributed by atoms with Gasteiger partial charge in [0.1, 0.15) is 6.04 Å². The molecule has 0 aliphatic heterocycles. The van der Waals surface area contributed by atoms with Crippen molar-refractivity contribution in [2.24, 2.45) is 0 Å². The highest BCUT2D eigenvalue weighted by molar-refractivity contribution is 5.79. The number of fused-ring (bicyclic) bond motifs is 1. The molecule has 0 bridgehead atoms. The van der Waals surface area contributed by atoms with E-state index in [-0.39, 0.29) is 11.5 Å². The summed E-state index contributed by atoms with van der Waals surface area (Å²) in [6.45, 7) is 2.02. The quantitative estimate of drug-likeness (QED) is 0.913. The Hall–Kier alpha value is -2.50. The van der Waals surface area contributed by atoms with E-state index in [2.05, 4.69) is 15.4 Å². The lowest BCUT2D eigenvalue weighted by Gasteiger charge is -2.15. The first kappa shape index (κ1) is 14.4. The van der Waals surface area contributed by atoms with Crippen molar-refractivity contribution in [3.63, 3.8) is 0 Å². The summed E-state index contributed by atoms with van der Waals surface area (Å²) in [7, 11) is 0. The first-order valence-corrected chi connectivity index (χ1v) is 7.44. The summed E-state index contributed by atoms with van der Waals surface area (Å²) in [6, 6.07) is 6.50. The smallest absolute Gasteiger partial charge is 0.267 e. The van der Waals surface area contributed by atoms with Crippen LogP contribution in [-0.4, -0.2) is 20.7 Å². The Balaban J connectivity index is 1.72. The second-order valence-corrected chi connectivity index (χ2v) is 5.47. The Morgan fingerprint density at radius 3 is 3.05 bits per heavy atom. The van der Waals surface area contributed by atoms with Crippen molar-refractivity contribution >= 4 is 5.91 Å².